The van der Waals surface area contributed by atoms with Gasteiger partial charge in [0.15, 0.2) is 15.6 Å². The number of nitrogens with zero attached hydrogens (tertiary/aromatic N) is 2. The lowest BCUT2D eigenvalue weighted by molar-refractivity contribution is 0.722. The highest BCUT2D eigenvalue weighted by Gasteiger charge is 2.53. The standard InChI is InChI=1S/C55H34N2S/c1-2-13-38(14-3-1)54-56-50(37-25-22-36(23-26-37)42-27-24-35-12-4-5-15-39(35)30-42)34-51(57-54)43-28-29-48-53(33-43)58-52-21-11-10-20-47(52)55(48)46-19-9-8-18-44(46)45-31-40-16-6-7-17-41(40)32-49(45)55/h1-34H/p+1. The summed E-state index contributed by atoms with van der Waals surface area (Å²) >= 11 is 1.19. The van der Waals surface area contributed by atoms with E-state index in [-0.39, 0.29) is 0 Å². The predicted molar refractivity (Wildman–Crippen MR) is 241 cm³/mol. The first-order valence-corrected chi connectivity index (χ1v) is 20.7. The lowest BCUT2D eigenvalue weighted by Gasteiger charge is -2.36. The molecular formula is C55H35N2S+. The minimum Gasteiger partial charge on any atom is -0.228 e. The zero-order valence-electron chi connectivity index (χ0n) is 31.5. The van der Waals surface area contributed by atoms with Crippen LogP contribution in [0.2, 0.25) is 0 Å². The molecule has 1 atom stereocenters. The number of hydrogen-bond acceptors (Lipinski definition) is 2. The van der Waals surface area contributed by atoms with Gasteiger partial charge in [0.05, 0.1) is 16.8 Å². The Morgan fingerprint density at radius 1 is 0.310 bits per heavy atom. The second kappa shape index (κ2) is 13.0. The van der Waals surface area contributed by atoms with E-state index in [1.165, 1.54) is 87.6 Å². The molecule has 0 N–H and O–H groups in total. The molecule has 9 aromatic carbocycles. The van der Waals surface area contributed by atoms with Gasteiger partial charge >= 0.3 is 0 Å². The SMILES string of the molecule is c1ccc(-c2nc(-c3ccc(-c4ccc5ccccc5c4)cc3)cc(-c3ccc4c(c3)[SH+]c3ccccc3C43c4ccccc4-c4cc5ccccc5cc43)n2)cc1. The van der Waals surface area contributed by atoms with Gasteiger partial charge in [-0.1, -0.05) is 170 Å². The van der Waals surface area contributed by atoms with Crippen LogP contribution in [0.4, 0.5) is 0 Å². The molecule has 0 bridgehead atoms. The molecule has 0 saturated carbocycles. The Hall–Kier alpha value is -7.07. The maximum atomic E-state index is 5.27. The maximum absolute atomic E-state index is 5.27. The Morgan fingerprint density at radius 3 is 1.71 bits per heavy atom. The van der Waals surface area contributed by atoms with Gasteiger partial charge in [0.2, 0.25) is 0 Å². The fraction of sp³-hybridized carbons (Fsp3) is 0.0182. The van der Waals surface area contributed by atoms with Crippen molar-refractivity contribution in [3.63, 3.8) is 0 Å². The average molecular weight is 756 g/mol. The molecule has 0 radical (unpaired) electrons. The van der Waals surface area contributed by atoms with Crippen LogP contribution in [0.1, 0.15) is 22.3 Å². The molecule has 1 aliphatic carbocycles. The molecule has 10 aromatic rings. The summed E-state index contributed by atoms with van der Waals surface area (Å²) in [5, 5.41) is 5.02. The molecule has 1 spiro atoms. The van der Waals surface area contributed by atoms with Crippen molar-refractivity contribution in [2.75, 3.05) is 0 Å². The molecule has 1 aromatic heterocycles. The van der Waals surface area contributed by atoms with Crippen LogP contribution >= 0.6 is 0 Å². The van der Waals surface area contributed by atoms with Crippen molar-refractivity contribution in [3.8, 4) is 56.2 Å². The van der Waals surface area contributed by atoms with E-state index >= 15 is 0 Å². The van der Waals surface area contributed by atoms with Gasteiger partial charge in [-0.15, -0.1) is 0 Å². The van der Waals surface area contributed by atoms with Gasteiger partial charge < -0.3 is 0 Å². The van der Waals surface area contributed by atoms with Crippen LogP contribution in [0.3, 0.4) is 0 Å². The van der Waals surface area contributed by atoms with Gasteiger partial charge in [0.25, 0.3) is 0 Å². The summed E-state index contributed by atoms with van der Waals surface area (Å²) < 4.78 is 0. The fourth-order valence-electron chi connectivity index (χ4n) is 9.47. The summed E-state index contributed by atoms with van der Waals surface area (Å²) in [6.07, 6.45) is 0. The van der Waals surface area contributed by atoms with Crippen molar-refractivity contribution in [1.82, 2.24) is 9.97 Å². The highest BCUT2D eigenvalue weighted by molar-refractivity contribution is 7.78. The first-order valence-electron chi connectivity index (χ1n) is 19.8. The molecule has 1 unspecified atom stereocenters. The monoisotopic (exact) mass is 755 g/mol. The van der Waals surface area contributed by atoms with E-state index in [2.05, 4.69) is 200 Å². The quantitative estimate of drug-likeness (QED) is 0.132. The third-order valence-corrected chi connectivity index (χ3v) is 13.4. The third kappa shape index (κ3) is 5.07. The van der Waals surface area contributed by atoms with E-state index in [0.29, 0.717) is 5.82 Å². The number of benzene rings is 9. The molecule has 0 amide bonds. The zero-order chi connectivity index (χ0) is 38.2. The fourth-order valence-corrected chi connectivity index (χ4v) is 10.8. The molecule has 12 rings (SSSR count). The summed E-state index contributed by atoms with van der Waals surface area (Å²) in [5.74, 6) is 0.717. The normalized spacial score (nSPS) is 14.9. The third-order valence-electron chi connectivity index (χ3n) is 12.2. The van der Waals surface area contributed by atoms with E-state index in [1.54, 1.807) is 0 Å². The lowest BCUT2D eigenvalue weighted by atomic mass is 9.67. The van der Waals surface area contributed by atoms with E-state index < -0.39 is 5.41 Å². The van der Waals surface area contributed by atoms with Crippen molar-refractivity contribution in [3.05, 3.63) is 229 Å². The maximum Gasteiger partial charge on any atom is 0.163 e. The van der Waals surface area contributed by atoms with Crippen LogP contribution in [0, 0.1) is 0 Å². The summed E-state index contributed by atoms with van der Waals surface area (Å²) in [6.45, 7) is 0. The van der Waals surface area contributed by atoms with E-state index in [4.69, 9.17) is 9.97 Å². The average Bonchev–Trinajstić information content (AvgIpc) is 3.57. The summed E-state index contributed by atoms with van der Waals surface area (Å²) in [6, 6.07) is 75.3. The Labute approximate surface area is 341 Å². The number of rotatable bonds is 4. The van der Waals surface area contributed by atoms with Crippen LogP contribution in [0.25, 0.3) is 77.7 Å². The van der Waals surface area contributed by atoms with Crippen molar-refractivity contribution >= 4 is 33.3 Å². The van der Waals surface area contributed by atoms with Crippen LogP contribution in [0.5, 0.6) is 0 Å². The van der Waals surface area contributed by atoms with E-state index in [1.807, 2.05) is 6.07 Å². The van der Waals surface area contributed by atoms with Gasteiger partial charge in [-0.3, -0.25) is 0 Å². The highest BCUT2D eigenvalue weighted by atomic mass is 32.2. The number of thiol groups is 1. The van der Waals surface area contributed by atoms with Crippen LogP contribution in [-0.4, -0.2) is 9.97 Å². The largest absolute Gasteiger partial charge is 0.228 e. The van der Waals surface area contributed by atoms with Gasteiger partial charge in [-0.05, 0) is 85.3 Å². The molecule has 2 heterocycles. The van der Waals surface area contributed by atoms with Crippen LogP contribution in [0.15, 0.2) is 216 Å². The molecule has 1 aliphatic heterocycles. The molecule has 0 fully saturated rings. The second-order valence-electron chi connectivity index (χ2n) is 15.4. The molecule has 270 valence electrons. The molecule has 58 heavy (non-hydrogen) atoms. The topological polar surface area (TPSA) is 25.8 Å². The van der Waals surface area contributed by atoms with Gasteiger partial charge in [0, 0.05) is 45.6 Å². The summed E-state index contributed by atoms with van der Waals surface area (Å²) in [5.41, 5.74) is 14.9. The Morgan fingerprint density at radius 2 is 0.897 bits per heavy atom. The Balaban J connectivity index is 1.02. The molecular weight excluding hydrogens is 721 g/mol. The van der Waals surface area contributed by atoms with Crippen molar-refractivity contribution in [2.24, 2.45) is 0 Å². The van der Waals surface area contributed by atoms with Crippen molar-refractivity contribution in [2.45, 2.75) is 15.2 Å². The molecule has 2 aliphatic rings. The minimum atomic E-state index is -0.440. The molecule has 3 heteroatoms. The van der Waals surface area contributed by atoms with Crippen molar-refractivity contribution < 1.29 is 0 Å². The first-order chi connectivity index (χ1) is 28.7. The van der Waals surface area contributed by atoms with E-state index in [9.17, 15) is 0 Å². The minimum absolute atomic E-state index is 0.440. The lowest BCUT2D eigenvalue weighted by Crippen LogP contribution is -2.33. The second-order valence-corrected chi connectivity index (χ2v) is 16.6. The van der Waals surface area contributed by atoms with Gasteiger partial charge in [-0.2, -0.15) is 0 Å². The Kier molecular flexibility index (Phi) is 7.41. The smallest absolute Gasteiger partial charge is 0.163 e. The summed E-state index contributed by atoms with van der Waals surface area (Å²) in [4.78, 5) is 13.1. The van der Waals surface area contributed by atoms with Crippen LogP contribution < -0.4 is 0 Å². The number of fused-ring (bicyclic) bond motifs is 11. The molecule has 2 nitrogen and oxygen atoms in total. The Bertz CT molecular complexity index is 3260. The summed E-state index contributed by atoms with van der Waals surface area (Å²) in [7, 11) is 0. The predicted octanol–water partition coefficient (Wildman–Crippen LogP) is 13.4. The first kappa shape index (κ1) is 33.1. The zero-order valence-corrected chi connectivity index (χ0v) is 32.4. The van der Waals surface area contributed by atoms with Crippen LogP contribution in [-0.2, 0) is 17.2 Å². The number of aromatic nitrogens is 2. The van der Waals surface area contributed by atoms with Gasteiger partial charge in [0.1, 0.15) is 0 Å². The molecule has 0 saturated heterocycles. The van der Waals surface area contributed by atoms with Crippen molar-refractivity contribution in [1.29, 1.82) is 0 Å². The van der Waals surface area contributed by atoms with E-state index in [0.717, 1.165) is 28.1 Å². The highest BCUT2D eigenvalue weighted by Crippen LogP contribution is 2.60. The number of hydrogen-bond donors (Lipinski definition) is 0. The van der Waals surface area contributed by atoms with Gasteiger partial charge in [-0.25, -0.2) is 9.97 Å².